The zero-order valence-electron chi connectivity index (χ0n) is 10.2. The lowest BCUT2D eigenvalue weighted by atomic mass is 10.0. The maximum atomic E-state index is 12.2. The zero-order valence-corrected chi connectivity index (χ0v) is 10.2. The molecule has 0 saturated heterocycles. The van der Waals surface area contributed by atoms with Crippen molar-refractivity contribution in [2.75, 3.05) is 21.3 Å². The Morgan fingerprint density at radius 3 is 2.53 bits per heavy atom. The summed E-state index contributed by atoms with van der Waals surface area (Å²) in [6, 6.07) is 5.57. The van der Waals surface area contributed by atoms with Crippen molar-refractivity contribution in [1.29, 1.82) is 0 Å². The van der Waals surface area contributed by atoms with Gasteiger partial charge in [0.15, 0.2) is 12.1 Å². The van der Waals surface area contributed by atoms with Crippen LogP contribution in [0, 0.1) is 5.92 Å². The van der Waals surface area contributed by atoms with E-state index >= 15 is 0 Å². The molecule has 0 heterocycles. The van der Waals surface area contributed by atoms with Crippen molar-refractivity contribution < 1.29 is 19.0 Å². The van der Waals surface area contributed by atoms with E-state index in [9.17, 15) is 4.79 Å². The van der Waals surface area contributed by atoms with Crippen molar-refractivity contribution in [3.63, 3.8) is 0 Å². The smallest absolute Gasteiger partial charge is 0.171 e. The topological polar surface area (TPSA) is 44.8 Å². The molecule has 0 radical (unpaired) electrons. The molecule has 0 aliphatic heterocycles. The van der Waals surface area contributed by atoms with E-state index in [2.05, 4.69) is 0 Å². The quantitative estimate of drug-likeness (QED) is 0.746. The average Bonchev–Trinajstić information content (AvgIpc) is 2.68. The second-order valence-electron chi connectivity index (χ2n) is 4.04. The van der Waals surface area contributed by atoms with Gasteiger partial charge in [-0.25, -0.2) is 0 Å². The fourth-order valence-electron chi connectivity index (χ4n) is 2.26. The van der Waals surface area contributed by atoms with Gasteiger partial charge in [-0.15, -0.1) is 0 Å². The predicted octanol–water partition coefficient (Wildman–Crippen LogP) is 1.67. The summed E-state index contributed by atoms with van der Waals surface area (Å²) < 4.78 is 15.5. The van der Waals surface area contributed by atoms with Gasteiger partial charge in [-0.1, -0.05) is 6.07 Å². The van der Waals surface area contributed by atoms with E-state index in [4.69, 9.17) is 14.2 Å². The highest BCUT2D eigenvalue weighted by atomic mass is 16.7. The third-order valence-electron chi connectivity index (χ3n) is 3.15. The minimum Gasteiger partial charge on any atom is -0.497 e. The first kappa shape index (κ1) is 12.1. The van der Waals surface area contributed by atoms with Gasteiger partial charge in [0, 0.05) is 19.8 Å². The summed E-state index contributed by atoms with van der Waals surface area (Å²) in [7, 11) is 4.68. The van der Waals surface area contributed by atoms with Gasteiger partial charge < -0.3 is 14.2 Å². The number of hydrogen-bond acceptors (Lipinski definition) is 4. The standard InChI is InChI=1S/C13H16O4/c1-15-9-5-4-8-6-11(13(16-2)17-3)12(14)10(8)7-9/h4-5,7,11,13H,6H2,1-3H3. The minimum absolute atomic E-state index is 0.0626. The molecule has 1 aromatic rings. The summed E-state index contributed by atoms with van der Waals surface area (Å²) >= 11 is 0. The Morgan fingerprint density at radius 1 is 1.24 bits per heavy atom. The number of carbonyl (C=O) groups excluding carboxylic acids is 1. The Balaban J connectivity index is 2.29. The number of ketones is 1. The number of rotatable bonds is 4. The summed E-state index contributed by atoms with van der Waals surface area (Å²) in [5.74, 6) is 0.504. The molecule has 2 rings (SSSR count). The molecule has 17 heavy (non-hydrogen) atoms. The van der Waals surface area contributed by atoms with Crippen LogP contribution in [-0.4, -0.2) is 33.4 Å². The summed E-state index contributed by atoms with van der Waals surface area (Å²) in [6.45, 7) is 0. The molecule has 0 spiro atoms. The van der Waals surface area contributed by atoms with E-state index in [1.165, 1.54) is 0 Å². The monoisotopic (exact) mass is 236 g/mol. The van der Waals surface area contributed by atoms with Crippen LogP contribution in [0.2, 0.25) is 0 Å². The zero-order chi connectivity index (χ0) is 12.4. The fourth-order valence-corrected chi connectivity index (χ4v) is 2.26. The fraction of sp³-hybridized carbons (Fsp3) is 0.462. The Labute approximate surface area is 100 Å². The third-order valence-corrected chi connectivity index (χ3v) is 3.15. The number of Topliss-reactive ketones (excluding diaryl/α,β-unsaturated/α-hetero) is 1. The highest BCUT2D eigenvalue weighted by Crippen LogP contribution is 2.32. The van der Waals surface area contributed by atoms with Crippen molar-refractivity contribution >= 4 is 5.78 Å². The lowest BCUT2D eigenvalue weighted by Crippen LogP contribution is -2.29. The summed E-state index contributed by atoms with van der Waals surface area (Å²) in [6.07, 6.45) is 0.172. The molecule has 4 nitrogen and oxygen atoms in total. The molecule has 0 aromatic heterocycles. The maximum absolute atomic E-state index is 12.2. The number of methoxy groups -OCH3 is 3. The van der Waals surface area contributed by atoms with E-state index in [1.54, 1.807) is 27.4 Å². The molecule has 92 valence electrons. The molecular weight excluding hydrogens is 220 g/mol. The molecular formula is C13H16O4. The molecule has 0 N–H and O–H groups in total. The third kappa shape index (κ3) is 2.06. The predicted molar refractivity (Wildman–Crippen MR) is 62.3 cm³/mol. The SMILES string of the molecule is COc1ccc2c(c1)C(=O)C(C(OC)OC)C2. The van der Waals surface area contributed by atoms with Crippen molar-refractivity contribution in [1.82, 2.24) is 0 Å². The van der Waals surface area contributed by atoms with Gasteiger partial charge in [-0.3, -0.25) is 4.79 Å². The molecule has 1 aliphatic carbocycles. The molecule has 1 atom stereocenters. The van der Waals surface area contributed by atoms with Crippen LogP contribution in [0.5, 0.6) is 5.75 Å². The maximum Gasteiger partial charge on any atom is 0.171 e. The first-order valence-electron chi connectivity index (χ1n) is 5.48. The molecule has 0 bridgehead atoms. The number of fused-ring (bicyclic) bond motifs is 1. The molecule has 1 aliphatic rings. The lowest BCUT2D eigenvalue weighted by molar-refractivity contribution is -0.125. The van der Waals surface area contributed by atoms with Gasteiger partial charge in [0.25, 0.3) is 0 Å². The number of hydrogen-bond donors (Lipinski definition) is 0. The Hall–Kier alpha value is -1.39. The number of ether oxygens (including phenoxy) is 3. The van der Waals surface area contributed by atoms with Crippen molar-refractivity contribution in [3.05, 3.63) is 29.3 Å². The van der Waals surface area contributed by atoms with Crippen LogP contribution in [0.3, 0.4) is 0 Å². The minimum atomic E-state index is -0.485. The van der Waals surface area contributed by atoms with Gasteiger partial charge in [-0.05, 0) is 24.1 Å². The first-order chi connectivity index (χ1) is 8.21. The lowest BCUT2D eigenvalue weighted by Gasteiger charge is -2.18. The van der Waals surface area contributed by atoms with E-state index in [-0.39, 0.29) is 11.7 Å². The molecule has 4 heteroatoms. The summed E-state index contributed by atoms with van der Waals surface area (Å²) in [4.78, 5) is 12.2. The summed E-state index contributed by atoms with van der Waals surface area (Å²) in [5.41, 5.74) is 1.74. The highest BCUT2D eigenvalue weighted by Gasteiger charge is 2.36. The van der Waals surface area contributed by atoms with Crippen LogP contribution in [0.4, 0.5) is 0 Å². The Kier molecular flexibility index (Phi) is 3.45. The van der Waals surface area contributed by atoms with Crippen LogP contribution in [0.1, 0.15) is 15.9 Å². The van der Waals surface area contributed by atoms with E-state index in [1.807, 2.05) is 12.1 Å². The average molecular weight is 236 g/mol. The molecule has 0 amide bonds. The van der Waals surface area contributed by atoms with Crippen LogP contribution in [-0.2, 0) is 15.9 Å². The van der Waals surface area contributed by atoms with Gasteiger partial charge in [0.1, 0.15) is 5.75 Å². The van der Waals surface area contributed by atoms with Crippen molar-refractivity contribution in [2.24, 2.45) is 5.92 Å². The van der Waals surface area contributed by atoms with Crippen LogP contribution in [0.25, 0.3) is 0 Å². The number of benzene rings is 1. The van der Waals surface area contributed by atoms with Crippen LogP contribution in [0.15, 0.2) is 18.2 Å². The molecule has 0 saturated carbocycles. The van der Waals surface area contributed by atoms with Crippen molar-refractivity contribution in [3.8, 4) is 5.75 Å². The van der Waals surface area contributed by atoms with Gasteiger partial charge in [0.05, 0.1) is 13.0 Å². The first-order valence-corrected chi connectivity index (χ1v) is 5.48. The van der Waals surface area contributed by atoms with Crippen molar-refractivity contribution in [2.45, 2.75) is 12.7 Å². The number of carbonyl (C=O) groups is 1. The second kappa shape index (κ2) is 4.85. The molecule has 0 fully saturated rings. The van der Waals surface area contributed by atoms with Gasteiger partial charge in [-0.2, -0.15) is 0 Å². The normalized spacial score (nSPS) is 18.6. The molecule has 1 unspecified atom stereocenters. The Morgan fingerprint density at radius 2 is 1.94 bits per heavy atom. The van der Waals surface area contributed by atoms with E-state index in [0.29, 0.717) is 17.7 Å². The van der Waals surface area contributed by atoms with Crippen LogP contribution < -0.4 is 4.74 Å². The second-order valence-corrected chi connectivity index (χ2v) is 4.04. The van der Waals surface area contributed by atoms with Gasteiger partial charge in [0.2, 0.25) is 0 Å². The van der Waals surface area contributed by atoms with E-state index < -0.39 is 6.29 Å². The highest BCUT2D eigenvalue weighted by molar-refractivity contribution is 6.02. The summed E-state index contributed by atoms with van der Waals surface area (Å²) in [5, 5.41) is 0. The molecule has 1 aromatic carbocycles. The van der Waals surface area contributed by atoms with Crippen LogP contribution >= 0.6 is 0 Å². The van der Waals surface area contributed by atoms with E-state index in [0.717, 1.165) is 5.56 Å². The Bertz CT molecular complexity index is 423. The largest absolute Gasteiger partial charge is 0.497 e. The van der Waals surface area contributed by atoms with Gasteiger partial charge >= 0.3 is 0 Å².